The highest BCUT2D eigenvalue weighted by molar-refractivity contribution is 5.68. The van der Waals surface area contributed by atoms with Gasteiger partial charge in [0.05, 0.1) is 30.8 Å². The fourth-order valence-electron chi connectivity index (χ4n) is 4.85. The molecule has 0 N–H and O–H groups in total. The van der Waals surface area contributed by atoms with Crippen LogP contribution < -0.4 is 4.90 Å². The van der Waals surface area contributed by atoms with Crippen molar-refractivity contribution < 1.29 is 45.2 Å². The molecule has 0 spiro atoms. The van der Waals surface area contributed by atoms with E-state index in [4.69, 9.17) is 13.9 Å². The topological polar surface area (TPSA) is 117 Å². The predicted octanol–water partition coefficient (Wildman–Crippen LogP) is 5.98. The van der Waals surface area contributed by atoms with Crippen LogP contribution in [-0.2, 0) is 27.9 Å². The van der Waals surface area contributed by atoms with Crippen LogP contribution in [0.1, 0.15) is 36.3 Å². The van der Waals surface area contributed by atoms with Gasteiger partial charge in [-0.3, -0.25) is 10.1 Å². The lowest BCUT2D eigenvalue weighted by molar-refractivity contribution is -0.384. The molecule has 1 unspecified atom stereocenters. The van der Waals surface area contributed by atoms with Crippen LogP contribution in [0.4, 0.5) is 37.8 Å². The van der Waals surface area contributed by atoms with Crippen molar-refractivity contribution in [3.8, 4) is 11.6 Å². The molecule has 4 heterocycles. The number of hydrogen-bond acceptors (Lipinski definition) is 9. The van der Waals surface area contributed by atoms with E-state index in [0.717, 1.165) is 0 Å². The lowest BCUT2D eigenvalue weighted by Crippen LogP contribution is -2.46. The summed E-state index contributed by atoms with van der Waals surface area (Å²) in [5, 5.41) is 19.0. The third-order valence-electron chi connectivity index (χ3n) is 6.98. The molecule has 224 valence electrons. The first-order valence-corrected chi connectivity index (χ1v) is 12.8. The van der Waals surface area contributed by atoms with E-state index in [1.165, 1.54) is 17.1 Å². The highest BCUT2D eigenvalue weighted by Crippen LogP contribution is 2.48. The summed E-state index contributed by atoms with van der Waals surface area (Å²) >= 11 is 0. The van der Waals surface area contributed by atoms with Crippen LogP contribution >= 0.6 is 0 Å². The predicted molar refractivity (Wildman–Crippen MR) is 133 cm³/mol. The standard InChI is InChI=1S/C26H23F6N5O5/c27-25(28,29)18-13-19(37(38)39)20-22-34-35-23(42-22)24(26(30,31)32,41-14-16-7-3-1-4-8-16)10-6-2-5-9-17-15-40-12-11-36(17)21(18)33-20/h1-5,7-8,13,17H,6,9-12,14-15H2/t17-,24?/m1/s1. The molecule has 0 amide bonds. The van der Waals surface area contributed by atoms with Gasteiger partial charge in [0.2, 0.25) is 11.3 Å². The first-order chi connectivity index (χ1) is 19.9. The minimum absolute atomic E-state index is 0.00693. The summed E-state index contributed by atoms with van der Waals surface area (Å²) in [6.07, 6.45) is -7.93. The van der Waals surface area contributed by atoms with Gasteiger partial charge in [0, 0.05) is 12.6 Å². The Balaban J connectivity index is 1.71. The van der Waals surface area contributed by atoms with Gasteiger partial charge in [0.1, 0.15) is 11.4 Å². The van der Waals surface area contributed by atoms with Crippen LogP contribution in [0.25, 0.3) is 11.6 Å². The summed E-state index contributed by atoms with van der Waals surface area (Å²) in [5.74, 6) is -2.58. The second-order valence-corrected chi connectivity index (χ2v) is 9.66. The minimum atomic E-state index is -5.10. The van der Waals surface area contributed by atoms with Crippen molar-refractivity contribution in [3.05, 3.63) is 75.7 Å². The van der Waals surface area contributed by atoms with Crippen LogP contribution in [0.2, 0.25) is 0 Å². The monoisotopic (exact) mass is 599 g/mol. The van der Waals surface area contributed by atoms with Crippen molar-refractivity contribution in [1.29, 1.82) is 0 Å². The van der Waals surface area contributed by atoms with Crippen LogP contribution in [-0.4, -0.2) is 52.1 Å². The summed E-state index contributed by atoms with van der Waals surface area (Å²) in [7, 11) is 0. The molecule has 3 aromatic rings. The van der Waals surface area contributed by atoms with Crippen LogP contribution in [0.5, 0.6) is 0 Å². The van der Waals surface area contributed by atoms with Gasteiger partial charge >= 0.3 is 18.0 Å². The van der Waals surface area contributed by atoms with Gasteiger partial charge in [-0.25, -0.2) is 4.98 Å². The molecule has 4 bridgehead atoms. The van der Waals surface area contributed by atoms with Crippen molar-refractivity contribution in [1.82, 2.24) is 15.2 Å². The SMILES string of the molecule is O=[N+]([O-])c1cc(C(F)(F)F)c2nc1-c1nnc(o1)C(OCc1ccccc1)(C(F)(F)F)CCC=CC[C@@H]1COCCN21. The summed E-state index contributed by atoms with van der Waals surface area (Å²) < 4.78 is 103. The number of alkyl halides is 6. The van der Waals surface area contributed by atoms with E-state index in [1.807, 2.05) is 0 Å². The zero-order valence-electron chi connectivity index (χ0n) is 21.7. The average Bonchev–Trinajstić information content (AvgIpc) is 3.43. The number of aromatic nitrogens is 3. The Morgan fingerprint density at radius 1 is 1.12 bits per heavy atom. The van der Waals surface area contributed by atoms with Gasteiger partial charge in [0.15, 0.2) is 0 Å². The number of allylic oxidation sites excluding steroid dienone is 1. The molecule has 2 atom stereocenters. The largest absolute Gasteiger partial charge is 0.426 e. The zero-order valence-corrected chi connectivity index (χ0v) is 21.7. The smallest absolute Gasteiger partial charge is 0.415 e. The molecule has 2 aliphatic rings. The summed E-state index contributed by atoms with van der Waals surface area (Å²) in [6, 6.07) is 7.61. The molecule has 5 rings (SSSR count). The zero-order chi connectivity index (χ0) is 30.1. The summed E-state index contributed by atoms with van der Waals surface area (Å²) in [4.78, 5) is 16.0. The molecular formula is C26H23F6N5O5. The molecule has 1 fully saturated rings. The third kappa shape index (κ3) is 5.68. The molecule has 2 aromatic heterocycles. The van der Waals surface area contributed by atoms with Crippen molar-refractivity contribution in [3.63, 3.8) is 0 Å². The Morgan fingerprint density at radius 2 is 1.88 bits per heavy atom. The van der Waals surface area contributed by atoms with Crippen molar-refractivity contribution in [2.24, 2.45) is 0 Å². The fourth-order valence-corrected chi connectivity index (χ4v) is 4.85. The van der Waals surface area contributed by atoms with Crippen molar-refractivity contribution in [2.75, 3.05) is 24.7 Å². The van der Waals surface area contributed by atoms with Gasteiger partial charge in [-0.15, -0.1) is 10.2 Å². The van der Waals surface area contributed by atoms with Crippen LogP contribution in [0.3, 0.4) is 0 Å². The average molecular weight is 599 g/mol. The molecule has 16 heteroatoms. The molecule has 10 nitrogen and oxygen atoms in total. The Hall–Kier alpha value is -4.05. The first-order valence-electron chi connectivity index (χ1n) is 12.8. The molecule has 0 radical (unpaired) electrons. The number of hydrogen-bond donors (Lipinski definition) is 0. The van der Waals surface area contributed by atoms with Crippen molar-refractivity contribution in [2.45, 2.75) is 49.9 Å². The minimum Gasteiger partial charge on any atom is -0.415 e. The number of pyridine rings is 1. The number of fused-ring (bicyclic) bond motifs is 7. The molecule has 0 saturated carbocycles. The van der Waals surface area contributed by atoms with E-state index in [-0.39, 0.29) is 38.7 Å². The van der Waals surface area contributed by atoms with Gasteiger partial charge in [0.25, 0.3) is 11.8 Å². The maximum absolute atomic E-state index is 14.8. The number of halogens is 6. The number of benzene rings is 1. The highest BCUT2D eigenvalue weighted by atomic mass is 19.4. The van der Waals surface area contributed by atoms with E-state index in [0.29, 0.717) is 5.56 Å². The van der Waals surface area contributed by atoms with Gasteiger partial charge in [-0.1, -0.05) is 42.5 Å². The first kappa shape index (κ1) is 29.4. The Kier molecular flexibility index (Phi) is 7.94. The van der Waals surface area contributed by atoms with E-state index in [1.54, 1.807) is 30.3 Å². The lowest BCUT2D eigenvalue weighted by atomic mass is 9.95. The highest BCUT2D eigenvalue weighted by Gasteiger charge is 2.61. The van der Waals surface area contributed by atoms with Gasteiger partial charge in [-0.2, -0.15) is 26.3 Å². The van der Waals surface area contributed by atoms with Crippen molar-refractivity contribution >= 4 is 11.5 Å². The summed E-state index contributed by atoms with van der Waals surface area (Å²) in [5.41, 5.74) is -6.10. The second-order valence-electron chi connectivity index (χ2n) is 9.66. The van der Waals surface area contributed by atoms with E-state index in [2.05, 4.69) is 15.2 Å². The van der Waals surface area contributed by atoms with E-state index < -0.39 is 76.5 Å². The maximum atomic E-state index is 14.8. The van der Waals surface area contributed by atoms with E-state index >= 15 is 0 Å². The molecule has 1 aromatic carbocycles. The van der Waals surface area contributed by atoms with Gasteiger partial charge in [-0.05, 0) is 24.8 Å². The maximum Gasteiger partial charge on any atom is 0.426 e. The number of morpholine rings is 1. The van der Waals surface area contributed by atoms with Crippen LogP contribution in [0, 0.1) is 10.1 Å². The number of anilines is 1. The molecular weight excluding hydrogens is 576 g/mol. The van der Waals surface area contributed by atoms with Crippen LogP contribution in [0.15, 0.2) is 53.0 Å². The molecule has 1 saturated heterocycles. The summed E-state index contributed by atoms with van der Waals surface area (Å²) in [6.45, 7) is -0.472. The Labute approximate surface area is 234 Å². The third-order valence-corrected chi connectivity index (χ3v) is 6.98. The van der Waals surface area contributed by atoms with Gasteiger partial charge < -0.3 is 18.8 Å². The van der Waals surface area contributed by atoms with E-state index in [9.17, 15) is 36.5 Å². The number of nitro groups is 1. The fraction of sp³-hybridized carbons (Fsp3) is 0.423. The Morgan fingerprint density at radius 3 is 2.57 bits per heavy atom. The number of nitrogens with zero attached hydrogens (tertiary/aromatic N) is 5. The number of ether oxygens (including phenoxy) is 2. The lowest BCUT2D eigenvalue weighted by Gasteiger charge is -2.37. The molecule has 0 aliphatic carbocycles. The molecule has 42 heavy (non-hydrogen) atoms. The second kappa shape index (κ2) is 11.3. The Bertz CT molecular complexity index is 1460. The molecule has 2 aliphatic heterocycles. The normalized spacial score (nSPS) is 21.5. The quantitative estimate of drug-likeness (QED) is 0.155. The number of rotatable bonds is 4.